The van der Waals surface area contributed by atoms with Gasteiger partial charge < -0.3 is 14.6 Å². The Morgan fingerprint density at radius 3 is 2.00 bits per heavy atom. The van der Waals surface area contributed by atoms with E-state index < -0.39 is 0 Å². The highest BCUT2D eigenvalue weighted by Gasteiger charge is 2.14. The van der Waals surface area contributed by atoms with Crippen LogP contribution in [-0.4, -0.2) is 24.1 Å². The van der Waals surface area contributed by atoms with Gasteiger partial charge in [-0.2, -0.15) is 0 Å². The molecule has 0 aromatic heterocycles. The lowest BCUT2D eigenvalue weighted by Crippen LogP contribution is -2.03. The van der Waals surface area contributed by atoms with Crippen LogP contribution in [0.2, 0.25) is 0 Å². The fourth-order valence-electron chi connectivity index (χ4n) is 2.32. The Bertz CT molecular complexity index is 677. The summed E-state index contributed by atoms with van der Waals surface area (Å²) in [6.45, 7) is 5.47. The van der Waals surface area contributed by atoms with Gasteiger partial charge in [0.1, 0.15) is 17.2 Å². The van der Waals surface area contributed by atoms with E-state index in [1.165, 1.54) is 6.07 Å². The summed E-state index contributed by atoms with van der Waals surface area (Å²) in [5.74, 6) is 1.02. The van der Waals surface area contributed by atoms with Gasteiger partial charge in [0, 0.05) is 11.6 Å². The number of carbonyl (C=O) groups excluding carboxylic acids is 1. The van der Waals surface area contributed by atoms with Crippen molar-refractivity contribution in [3.8, 4) is 17.2 Å². The number of carbonyl (C=O) groups is 1. The topological polar surface area (TPSA) is 55.8 Å². The van der Waals surface area contributed by atoms with Crippen LogP contribution in [0.1, 0.15) is 55.5 Å². The molecular weight excluding hydrogens is 316 g/mol. The van der Waals surface area contributed by atoms with Crippen molar-refractivity contribution in [3.05, 3.63) is 53.6 Å². The zero-order valence-electron chi connectivity index (χ0n) is 15.0. The molecule has 25 heavy (non-hydrogen) atoms. The van der Waals surface area contributed by atoms with Gasteiger partial charge in [-0.25, -0.2) is 0 Å². The first-order valence-electron chi connectivity index (χ1n) is 8.89. The lowest BCUT2D eigenvalue weighted by molar-refractivity contribution is 0.103. The summed E-state index contributed by atoms with van der Waals surface area (Å²) < 4.78 is 11.1. The van der Waals surface area contributed by atoms with E-state index in [0.717, 1.165) is 31.4 Å². The van der Waals surface area contributed by atoms with E-state index in [1.807, 2.05) is 0 Å². The zero-order chi connectivity index (χ0) is 18.1. The Kier molecular flexibility index (Phi) is 7.33. The molecule has 0 radical (unpaired) electrons. The number of phenolic OH excluding ortho intramolecular Hbond substituents is 1. The molecule has 0 aliphatic rings. The maximum absolute atomic E-state index is 12.6. The number of benzene rings is 2. The number of hydrogen-bond acceptors (Lipinski definition) is 4. The molecule has 2 aromatic rings. The fourth-order valence-corrected chi connectivity index (χ4v) is 2.32. The van der Waals surface area contributed by atoms with Gasteiger partial charge in [-0.15, -0.1) is 0 Å². The number of unbranched alkanes of at least 4 members (excludes halogenated alkanes) is 2. The second-order valence-electron chi connectivity index (χ2n) is 5.94. The molecule has 0 fully saturated rings. The zero-order valence-corrected chi connectivity index (χ0v) is 15.0. The third kappa shape index (κ3) is 5.52. The summed E-state index contributed by atoms with van der Waals surface area (Å²) in [5, 5.41) is 10.2. The highest BCUT2D eigenvalue weighted by Crippen LogP contribution is 2.26. The van der Waals surface area contributed by atoms with Crippen LogP contribution in [0, 0.1) is 0 Å². The third-order valence-corrected chi connectivity index (χ3v) is 3.86. The SMILES string of the molecule is CCCCOc1ccc(C(=O)c2ccc(OCCCC)cc2O)cc1. The van der Waals surface area contributed by atoms with Gasteiger partial charge in [0.05, 0.1) is 18.8 Å². The van der Waals surface area contributed by atoms with Crippen LogP contribution in [0.25, 0.3) is 0 Å². The molecule has 0 bridgehead atoms. The van der Waals surface area contributed by atoms with Gasteiger partial charge in [-0.05, 0) is 49.2 Å². The molecule has 0 saturated heterocycles. The Hall–Kier alpha value is -2.49. The summed E-state index contributed by atoms with van der Waals surface area (Å²) >= 11 is 0. The van der Waals surface area contributed by atoms with E-state index in [2.05, 4.69) is 13.8 Å². The van der Waals surface area contributed by atoms with Gasteiger partial charge >= 0.3 is 0 Å². The minimum absolute atomic E-state index is 0.0673. The lowest BCUT2D eigenvalue weighted by atomic mass is 10.0. The molecule has 0 amide bonds. The maximum Gasteiger partial charge on any atom is 0.196 e. The monoisotopic (exact) mass is 342 g/mol. The van der Waals surface area contributed by atoms with Gasteiger partial charge in [-0.1, -0.05) is 26.7 Å². The van der Waals surface area contributed by atoms with Crippen molar-refractivity contribution < 1.29 is 19.4 Å². The first-order chi connectivity index (χ1) is 12.2. The molecule has 134 valence electrons. The van der Waals surface area contributed by atoms with Gasteiger partial charge in [0.2, 0.25) is 0 Å². The smallest absolute Gasteiger partial charge is 0.196 e. The van der Waals surface area contributed by atoms with Crippen LogP contribution >= 0.6 is 0 Å². The normalized spacial score (nSPS) is 10.5. The Balaban J connectivity index is 2.04. The molecule has 4 heteroatoms. The molecule has 0 unspecified atom stereocenters. The molecule has 0 aliphatic heterocycles. The van der Waals surface area contributed by atoms with Crippen LogP contribution in [0.5, 0.6) is 17.2 Å². The Morgan fingerprint density at radius 2 is 1.44 bits per heavy atom. The van der Waals surface area contributed by atoms with E-state index in [4.69, 9.17) is 9.47 Å². The molecule has 0 heterocycles. The maximum atomic E-state index is 12.6. The quantitative estimate of drug-likeness (QED) is 0.489. The van der Waals surface area contributed by atoms with Crippen molar-refractivity contribution in [1.29, 1.82) is 0 Å². The molecular formula is C21H26O4. The van der Waals surface area contributed by atoms with Crippen LogP contribution in [0.4, 0.5) is 0 Å². The number of phenols is 1. The summed E-state index contributed by atoms with van der Waals surface area (Å²) in [6.07, 6.45) is 4.07. The van der Waals surface area contributed by atoms with Crippen LogP contribution in [0.15, 0.2) is 42.5 Å². The van der Waals surface area contributed by atoms with Crippen LogP contribution < -0.4 is 9.47 Å². The molecule has 0 saturated carbocycles. The standard InChI is InChI=1S/C21H26O4/c1-3-5-13-24-17-9-7-16(8-10-17)21(23)19-12-11-18(15-20(19)22)25-14-6-4-2/h7-12,15,22H,3-6,13-14H2,1-2H3. The second kappa shape index (κ2) is 9.72. The lowest BCUT2D eigenvalue weighted by Gasteiger charge is -2.09. The van der Waals surface area contributed by atoms with E-state index >= 15 is 0 Å². The molecule has 1 N–H and O–H groups in total. The summed E-state index contributed by atoms with van der Waals surface area (Å²) in [6, 6.07) is 11.8. The molecule has 4 nitrogen and oxygen atoms in total. The van der Waals surface area contributed by atoms with Crippen molar-refractivity contribution in [2.45, 2.75) is 39.5 Å². The third-order valence-electron chi connectivity index (χ3n) is 3.86. The second-order valence-corrected chi connectivity index (χ2v) is 5.94. The summed E-state index contributed by atoms with van der Waals surface area (Å²) in [5.41, 5.74) is 0.778. The van der Waals surface area contributed by atoms with Crippen molar-refractivity contribution >= 4 is 5.78 Å². The Labute approximate surface area is 149 Å². The summed E-state index contributed by atoms with van der Waals surface area (Å²) in [7, 11) is 0. The number of hydrogen-bond donors (Lipinski definition) is 1. The van der Waals surface area contributed by atoms with Gasteiger partial charge in [0.15, 0.2) is 5.78 Å². The first kappa shape index (κ1) is 18.8. The van der Waals surface area contributed by atoms with Crippen LogP contribution in [0.3, 0.4) is 0 Å². The average molecular weight is 342 g/mol. The number of ether oxygens (including phenoxy) is 2. The number of ketones is 1. The summed E-state index contributed by atoms with van der Waals surface area (Å²) in [4.78, 5) is 12.6. The van der Waals surface area contributed by atoms with E-state index in [9.17, 15) is 9.90 Å². The van der Waals surface area contributed by atoms with Crippen molar-refractivity contribution in [2.24, 2.45) is 0 Å². The Morgan fingerprint density at radius 1 is 0.880 bits per heavy atom. The van der Waals surface area contributed by atoms with E-state index in [0.29, 0.717) is 24.5 Å². The van der Waals surface area contributed by atoms with E-state index in [-0.39, 0.29) is 17.1 Å². The molecule has 0 aliphatic carbocycles. The van der Waals surface area contributed by atoms with Gasteiger partial charge in [-0.3, -0.25) is 4.79 Å². The minimum atomic E-state index is -0.224. The predicted molar refractivity (Wildman–Crippen MR) is 98.8 cm³/mol. The predicted octanol–water partition coefficient (Wildman–Crippen LogP) is 4.98. The minimum Gasteiger partial charge on any atom is -0.507 e. The molecule has 2 aromatic carbocycles. The van der Waals surface area contributed by atoms with Crippen LogP contribution in [-0.2, 0) is 0 Å². The fraction of sp³-hybridized carbons (Fsp3) is 0.381. The largest absolute Gasteiger partial charge is 0.507 e. The van der Waals surface area contributed by atoms with Crippen molar-refractivity contribution in [1.82, 2.24) is 0 Å². The molecule has 2 rings (SSSR count). The first-order valence-corrected chi connectivity index (χ1v) is 8.89. The van der Waals surface area contributed by atoms with Crippen molar-refractivity contribution in [3.63, 3.8) is 0 Å². The molecule has 0 spiro atoms. The average Bonchev–Trinajstić information content (AvgIpc) is 2.62. The van der Waals surface area contributed by atoms with E-state index in [1.54, 1.807) is 36.4 Å². The number of rotatable bonds is 10. The highest BCUT2D eigenvalue weighted by atomic mass is 16.5. The van der Waals surface area contributed by atoms with Gasteiger partial charge in [0.25, 0.3) is 0 Å². The van der Waals surface area contributed by atoms with Crippen molar-refractivity contribution in [2.75, 3.05) is 13.2 Å². The highest BCUT2D eigenvalue weighted by molar-refractivity contribution is 6.10. The molecule has 0 atom stereocenters. The number of aromatic hydroxyl groups is 1.